The van der Waals surface area contributed by atoms with Crippen LogP contribution in [-0.2, 0) is 20.8 Å². The van der Waals surface area contributed by atoms with Crippen molar-refractivity contribution in [1.82, 2.24) is 15.1 Å². The molecule has 2 amide bonds. The molecule has 7 nitrogen and oxygen atoms in total. The maximum atomic E-state index is 12.6. The van der Waals surface area contributed by atoms with Crippen molar-refractivity contribution in [3.8, 4) is 5.75 Å². The van der Waals surface area contributed by atoms with E-state index < -0.39 is 6.04 Å². The highest BCUT2D eigenvalue weighted by molar-refractivity contribution is 5.88. The van der Waals surface area contributed by atoms with Crippen LogP contribution in [0.3, 0.4) is 0 Å². The lowest BCUT2D eigenvalue weighted by Gasteiger charge is -2.24. The van der Waals surface area contributed by atoms with Gasteiger partial charge in [0.2, 0.25) is 11.8 Å². The van der Waals surface area contributed by atoms with E-state index in [1.807, 2.05) is 43.0 Å². The summed E-state index contributed by atoms with van der Waals surface area (Å²) in [5.41, 5.74) is 1.11. The predicted molar refractivity (Wildman–Crippen MR) is 116 cm³/mol. The van der Waals surface area contributed by atoms with Crippen LogP contribution < -0.4 is 10.1 Å². The number of rotatable bonds is 9. The number of carbonyl (C=O) groups is 3. The third-order valence-electron chi connectivity index (χ3n) is 5.52. The van der Waals surface area contributed by atoms with E-state index in [1.165, 1.54) is 6.92 Å². The van der Waals surface area contributed by atoms with Gasteiger partial charge in [0.05, 0.1) is 19.7 Å². The highest BCUT2D eigenvalue weighted by Crippen LogP contribution is 2.14. The summed E-state index contributed by atoms with van der Waals surface area (Å²) in [4.78, 5) is 40.7. The maximum absolute atomic E-state index is 12.6. The lowest BCUT2D eigenvalue weighted by molar-refractivity contribution is -0.131. The maximum Gasteiger partial charge on any atom is 0.234 e. The van der Waals surface area contributed by atoms with Gasteiger partial charge in [0.1, 0.15) is 5.75 Å². The molecular weight excluding hydrogens is 382 g/mol. The van der Waals surface area contributed by atoms with E-state index in [0.717, 1.165) is 24.3 Å². The SMILES string of the molecule is COc1ccc(CCC(=O)N2CCCN(CC(=O)NC(C(C)=O)C(C)C)CC2)cc1. The summed E-state index contributed by atoms with van der Waals surface area (Å²) in [7, 11) is 1.64. The van der Waals surface area contributed by atoms with E-state index in [1.54, 1.807) is 7.11 Å². The van der Waals surface area contributed by atoms with Crippen LogP contribution in [0, 0.1) is 5.92 Å². The summed E-state index contributed by atoms with van der Waals surface area (Å²) >= 11 is 0. The number of aryl methyl sites for hydroxylation is 1. The van der Waals surface area contributed by atoms with Crippen LogP contribution in [0.15, 0.2) is 24.3 Å². The van der Waals surface area contributed by atoms with Gasteiger partial charge >= 0.3 is 0 Å². The average Bonchev–Trinajstić information content (AvgIpc) is 2.95. The largest absolute Gasteiger partial charge is 0.497 e. The molecule has 2 rings (SSSR count). The molecule has 1 aromatic rings. The van der Waals surface area contributed by atoms with Crippen LogP contribution in [0.25, 0.3) is 0 Å². The van der Waals surface area contributed by atoms with Gasteiger partial charge in [-0.05, 0) is 43.4 Å². The summed E-state index contributed by atoms with van der Waals surface area (Å²) in [5, 5.41) is 2.84. The molecule has 0 aromatic heterocycles. The molecule has 1 aliphatic heterocycles. The molecule has 0 spiro atoms. The number of Topliss-reactive ketones (excluding diaryl/α,β-unsaturated/α-hetero) is 1. The number of nitrogens with one attached hydrogen (secondary N) is 1. The number of benzene rings is 1. The Labute approximate surface area is 179 Å². The third kappa shape index (κ3) is 7.44. The monoisotopic (exact) mass is 417 g/mol. The molecule has 7 heteroatoms. The second kappa shape index (κ2) is 11.7. The lowest BCUT2D eigenvalue weighted by Crippen LogP contribution is -2.48. The van der Waals surface area contributed by atoms with Crippen LogP contribution in [0.1, 0.15) is 39.2 Å². The van der Waals surface area contributed by atoms with E-state index in [-0.39, 0.29) is 30.1 Å². The standard InChI is InChI=1S/C23H35N3O4/c1-17(2)23(18(3)27)24-21(28)16-25-12-5-13-26(15-14-25)22(29)11-8-19-6-9-20(30-4)10-7-19/h6-7,9-10,17,23H,5,8,11-16H2,1-4H3,(H,24,28). The highest BCUT2D eigenvalue weighted by Gasteiger charge is 2.24. The minimum Gasteiger partial charge on any atom is -0.497 e. The number of ketones is 1. The van der Waals surface area contributed by atoms with Crippen LogP contribution in [0.2, 0.25) is 0 Å². The summed E-state index contributed by atoms with van der Waals surface area (Å²) in [6, 6.07) is 7.34. The fourth-order valence-corrected chi connectivity index (χ4v) is 3.74. The number of hydrogen-bond donors (Lipinski definition) is 1. The van der Waals surface area contributed by atoms with Crippen molar-refractivity contribution >= 4 is 17.6 Å². The number of nitrogens with zero attached hydrogens (tertiary/aromatic N) is 2. The number of carbonyl (C=O) groups excluding carboxylic acids is 3. The molecule has 0 aliphatic carbocycles. The van der Waals surface area contributed by atoms with Crippen LogP contribution in [-0.4, -0.2) is 73.3 Å². The zero-order valence-corrected chi connectivity index (χ0v) is 18.6. The quantitative estimate of drug-likeness (QED) is 0.664. The van der Waals surface area contributed by atoms with Crippen molar-refractivity contribution in [2.24, 2.45) is 5.92 Å². The molecule has 1 unspecified atom stereocenters. The molecule has 1 heterocycles. The zero-order valence-electron chi connectivity index (χ0n) is 18.6. The molecule has 1 aliphatic rings. The molecule has 1 N–H and O–H groups in total. The Morgan fingerprint density at radius 1 is 1.07 bits per heavy atom. The second-order valence-corrected chi connectivity index (χ2v) is 8.26. The minimum atomic E-state index is -0.444. The number of hydrogen-bond acceptors (Lipinski definition) is 5. The van der Waals surface area contributed by atoms with Gasteiger partial charge in [-0.3, -0.25) is 19.3 Å². The van der Waals surface area contributed by atoms with E-state index in [2.05, 4.69) is 10.2 Å². The average molecular weight is 418 g/mol. The molecular formula is C23H35N3O4. The van der Waals surface area contributed by atoms with Gasteiger partial charge in [-0.15, -0.1) is 0 Å². The minimum absolute atomic E-state index is 0.0251. The molecule has 1 saturated heterocycles. The van der Waals surface area contributed by atoms with Gasteiger partial charge in [-0.25, -0.2) is 0 Å². The number of methoxy groups -OCH3 is 1. The van der Waals surface area contributed by atoms with Crippen molar-refractivity contribution in [2.45, 2.75) is 46.1 Å². The number of ether oxygens (including phenoxy) is 1. The zero-order chi connectivity index (χ0) is 22.1. The van der Waals surface area contributed by atoms with Crippen molar-refractivity contribution < 1.29 is 19.1 Å². The van der Waals surface area contributed by atoms with E-state index in [9.17, 15) is 14.4 Å². The van der Waals surface area contributed by atoms with Gasteiger partial charge < -0.3 is 15.0 Å². The van der Waals surface area contributed by atoms with Gasteiger partial charge in [0, 0.05) is 32.6 Å². The van der Waals surface area contributed by atoms with E-state index in [4.69, 9.17) is 4.74 Å². The first-order chi connectivity index (χ1) is 14.3. The molecule has 166 valence electrons. The third-order valence-corrected chi connectivity index (χ3v) is 5.52. The molecule has 0 bridgehead atoms. The number of amides is 2. The molecule has 1 aromatic carbocycles. The molecule has 1 fully saturated rings. The second-order valence-electron chi connectivity index (χ2n) is 8.26. The van der Waals surface area contributed by atoms with Gasteiger partial charge in [0.25, 0.3) is 0 Å². The molecule has 0 saturated carbocycles. The van der Waals surface area contributed by atoms with Crippen LogP contribution in [0.5, 0.6) is 5.75 Å². The van der Waals surface area contributed by atoms with Gasteiger partial charge in [-0.1, -0.05) is 26.0 Å². The summed E-state index contributed by atoms with van der Waals surface area (Å²) in [6.45, 7) is 8.37. The Kier molecular flexibility index (Phi) is 9.30. The van der Waals surface area contributed by atoms with Crippen molar-refractivity contribution in [1.29, 1.82) is 0 Å². The first-order valence-corrected chi connectivity index (χ1v) is 10.7. The predicted octanol–water partition coefficient (Wildman–Crippen LogP) is 1.89. The van der Waals surface area contributed by atoms with Crippen LogP contribution >= 0.6 is 0 Å². The summed E-state index contributed by atoms with van der Waals surface area (Å²) < 4.78 is 5.16. The Morgan fingerprint density at radius 3 is 2.37 bits per heavy atom. The molecule has 0 radical (unpaired) electrons. The van der Waals surface area contributed by atoms with Crippen molar-refractivity contribution in [3.63, 3.8) is 0 Å². The van der Waals surface area contributed by atoms with Crippen molar-refractivity contribution in [3.05, 3.63) is 29.8 Å². The van der Waals surface area contributed by atoms with Gasteiger partial charge in [-0.2, -0.15) is 0 Å². The van der Waals surface area contributed by atoms with Crippen molar-refractivity contribution in [2.75, 3.05) is 39.8 Å². The normalized spacial score (nSPS) is 16.1. The summed E-state index contributed by atoms with van der Waals surface area (Å²) in [6.07, 6.45) is 2.01. The Hall–Kier alpha value is -2.41. The lowest BCUT2D eigenvalue weighted by atomic mass is 10.0. The van der Waals surface area contributed by atoms with E-state index in [0.29, 0.717) is 32.5 Å². The van der Waals surface area contributed by atoms with E-state index >= 15 is 0 Å². The van der Waals surface area contributed by atoms with Gasteiger partial charge in [0.15, 0.2) is 5.78 Å². The topological polar surface area (TPSA) is 79.0 Å². The smallest absolute Gasteiger partial charge is 0.234 e. The Bertz CT molecular complexity index is 718. The molecule has 1 atom stereocenters. The Morgan fingerprint density at radius 2 is 1.77 bits per heavy atom. The first-order valence-electron chi connectivity index (χ1n) is 10.7. The Balaban J connectivity index is 1.78. The first kappa shape index (κ1) is 23.9. The summed E-state index contributed by atoms with van der Waals surface area (Å²) in [5.74, 6) is 0.860. The fraction of sp³-hybridized carbons (Fsp3) is 0.609. The molecule has 30 heavy (non-hydrogen) atoms. The fourth-order valence-electron chi connectivity index (χ4n) is 3.74. The van der Waals surface area contributed by atoms with Crippen LogP contribution in [0.4, 0.5) is 0 Å². The highest BCUT2D eigenvalue weighted by atomic mass is 16.5.